The summed E-state index contributed by atoms with van der Waals surface area (Å²) in [4.78, 5) is 18.6. The van der Waals surface area contributed by atoms with Gasteiger partial charge in [0.1, 0.15) is 10.3 Å². The molecule has 0 N–H and O–H groups in total. The number of aromatic nitrogens is 6. The first-order valence-corrected chi connectivity index (χ1v) is 13.7. The normalized spacial score (nSPS) is 11.2. The lowest BCUT2D eigenvalue weighted by molar-refractivity contribution is 0.943. The van der Waals surface area contributed by atoms with Crippen LogP contribution in [0.25, 0.3) is 62.2 Å². The van der Waals surface area contributed by atoms with E-state index in [1.807, 2.05) is 78.9 Å². The third kappa shape index (κ3) is 5.07. The maximum Gasteiger partial charge on any atom is 0.255 e. The van der Waals surface area contributed by atoms with Gasteiger partial charge in [0.25, 0.3) is 5.78 Å². The highest BCUT2D eigenvalue weighted by Crippen LogP contribution is 2.30. The maximum atomic E-state index is 6.26. The molecule has 0 amide bonds. The van der Waals surface area contributed by atoms with E-state index in [0.717, 1.165) is 39.2 Å². The molecule has 0 atom stereocenters. The molecule has 3 heterocycles. The van der Waals surface area contributed by atoms with Crippen molar-refractivity contribution >= 4 is 29.0 Å². The molecule has 4 aromatic carbocycles. The summed E-state index contributed by atoms with van der Waals surface area (Å²) in [6.07, 6.45) is 0. The molecule has 196 valence electrons. The zero-order chi connectivity index (χ0) is 27.8. The summed E-state index contributed by atoms with van der Waals surface area (Å²) >= 11 is 12.3. The van der Waals surface area contributed by atoms with Crippen molar-refractivity contribution in [1.82, 2.24) is 29.5 Å². The number of fused-ring (bicyclic) bond motifs is 1. The molecule has 6 nitrogen and oxygen atoms in total. The highest BCUT2D eigenvalue weighted by Gasteiger charge is 2.14. The van der Waals surface area contributed by atoms with E-state index in [0.29, 0.717) is 22.6 Å². The van der Waals surface area contributed by atoms with Crippen molar-refractivity contribution in [3.05, 3.63) is 132 Å². The van der Waals surface area contributed by atoms with Crippen LogP contribution in [-0.2, 0) is 0 Å². The topological polar surface area (TPSA) is 68.9 Å². The quantitative estimate of drug-likeness (QED) is 0.194. The summed E-state index contributed by atoms with van der Waals surface area (Å²) < 4.78 is 1.46. The molecular weight excluding hydrogens is 551 g/mol. The van der Waals surface area contributed by atoms with Crippen LogP contribution in [0.15, 0.2) is 121 Å². The van der Waals surface area contributed by atoms with E-state index in [-0.39, 0.29) is 5.15 Å². The Balaban J connectivity index is 1.27. The van der Waals surface area contributed by atoms with Gasteiger partial charge in [0, 0.05) is 28.3 Å². The van der Waals surface area contributed by atoms with Gasteiger partial charge >= 0.3 is 0 Å². The lowest BCUT2D eigenvalue weighted by atomic mass is 10.0. The largest absolute Gasteiger partial charge is 0.255 e. The predicted molar refractivity (Wildman–Crippen MR) is 164 cm³/mol. The Morgan fingerprint density at radius 2 is 0.927 bits per heavy atom. The summed E-state index contributed by atoms with van der Waals surface area (Å²) in [5.74, 6) is 1.50. The third-order valence-corrected chi connectivity index (χ3v) is 7.19. The van der Waals surface area contributed by atoms with Gasteiger partial charge in [-0.15, -0.1) is 5.10 Å². The molecule has 0 aliphatic rings. The number of rotatable bonds is 5. The highest BCUT2D eigenvalue weighted by atomic mass is 35.5. The van der Waals surface area contributed by atoms with Crippen molar-refractivity contribution in [1.29, 1.82) is 0 Å². The monoisotopic (exact) mass is 570 g/mol. The van der Waals surface area contributed by atoms with Gasteiger partial charge in [-0.1, -0.05) is 132 Å². The molecule has 7 aromatic rings. The molecule has 0 spiro atoms. The second kappa shape index (κ2) is 10.6. The lowest BCUT2D eigenvalue weighted by Gasteiger charge is -2.10. The number of benzene rings is 4. The predicted octanol–water partition coefficient (Wildman–Crippen LogP) is 8.56. The molecule has 0 aliphatic carbocycles. The number of hydrogen-bond acceptors (Lipinski definition) is 5. The van der Waals surface area contributed by atoms with Crippen LogP contribution in [0.4, 0.5) is 0 Å². The first-order valence-electron chi connectivity index (χ1n) is 12.9. The standard InChI is InChI=1S/C33H20Cl2N6/c34-29-20-30(35)41-33(38-29)39-32(40-41)26-17-15-24(16-18-26)28-19-27(36-31(37-28)25-9-5-2-6-10-25)23-13-11-22(12-14-23)21-7-3-1-4-8-21/h1-20H. The van der Waals surface area contributed by atoms with Gasteiger partial charge in [0.05, 0.1) is 11.4 Å². The smallest absolute Gasteiger partial charge is 0.228 e. The molecule has 8 heteroatoms. The Bertz CT molecular complexity index is 1990. The van der Waals surface area contributed by atoms with Crippen molar-refractivity contribution in [3.8, 4) is 56.4 Å². The first-order chi connectivity index (χ1) is 20.1. The molecule has 41 heavy (non-hydrogen) atoms. The Labute approximate surface area is 246 Å². The molecule has 3 aromatic heterocycles. The van der Waals surface area contributed by atoms with Crippen LogP contribution in [0.5, 0.6) is 0 Å². The third-order valence-electron chi connectivity index (χ3n) is 6.72. The van der Waals surface area contributed by atoms with E-state index in [1.165, 1.54) is 16.1 Å². The summed E-state index contributed by atoms with van der Waals surface area (Å²) in [7, 11) is 0. The molecule has 0 saturated carbocycles. The average molecular weight is 571 g/mol. The minimum Gasteiger partial charge on any atom is -0.228 e. The number of hydrogen-bond donors (Lipinski definition) is 0. The molecule has 7 rings (SSSR count). The van der Waals surface area contributed by atoms with E-state index in [1.54, 1.807) is 0 Å². The van der Waals surface area contributed by atoms with Gasteiger partial charge in [0.15, 0.2) is 11.6 Å². The number of nitrogens with zero attached hydrogens (tertiary/aromatic N) is 6. The SMILES string of the molecule is Clc1cc(Cl)n2nc(-c3ccc(-c4cc(-c5ccc(-c6ccccc6)cc5)nc(-c5ccccc5)n4)cc3)nc2n1. The fraction of sp³-hybridized carbons (Fsp3) is 0. The van der Waals surface area contributed by atoms with Gasteiger partial charge in [-0.05, 0) is 17.2 Å². The number of halogens is 2. The molecule has 0 bridgehead atoms. The zero-order valence-electron chi connectivity index (χ0n) is 21.5. The van der Waals surface area contributed by atoms with Crippen molar-refractivity contribution in [2.45, 2.75) is 0 Å². The van der Waals surface area contributed by atoms with E-state index >= 15 is 0 Å². The molecule has 0 unspecified atom stereocenters. The van der Waals surface area contributed by atoms with Crippen LogP contribution in [-0.4, -0.2) is 29.5 Å². The van der Waals surface area contributed by atoms with Gasteiger partial charge in [0.2, 0.25) is 0 Å². The fourth-order valence-corrected chi connectivity index (χ4v) is 5.09. The van der Waals surface area contributed by atoms with Crippen LogP contribution in [0.2, 0.25) is 10.3 Å². The maximum absolute atomic E-state index is 6.26. The highest BCUT2D eigenvalue weighted by molar-refractivity contribution is 6.33. The van der Waals surface area contributed by atoms with Gasteiger partial charge in [-0.25, -0.2) is 9.97 Å². The first kappa shape index (κ1) is 25.1. The zero-order valence-corrected chi connectivity index (χ0v) is 23.0. The lowest BCUT2D eigenvalue weighted by Crippen LogP contribution is -1.96. The fourth-order valence-electron chi connectivity index (χ4n) is 4.64. The minimum absolute atomic E-state index is 0.264. The summed E-state index contributed by atoms with van der Waals surface area (Å²) in [6, 6.07) is 40.3. The van der Waals surface area contributed by atoms with Gasteiger partial charge in [-0.2, -0.15) is 14.5 Å². The van der Waals surface area contributed by atoms with Crippen molar-refractivity contribution in [3.63, 3.8) is 0 Å². The Morgan fingerprint density at radius 1 is 0.439 bits per heavy atom. The van der Waals surface area contributed by atoms with Crippen LogP contribution >= 0.6 is 23.2 Å². The summed E-state index contributed by atoms with van der Waals surface area (Å²) in [5.41, 5.74) is 7.71. The van der Waals surface area contributed by atoms with E-state index in [4.69, 9.17) is 33.2 Å². The Hall–Kier alpha value is -4.91. The molecular formula is C33H20Cl2N6. The van der Waals surface area contributed by atoms with Crippen molar-refractivity contribution in [2.24, 2.45) is 0 Å². The summed E-state index contributed by atoms with van der Waals surface area (Å²) in [6.45, 7) is 0. The van der Waals surface area contributed by atoms with Gasteiger partial charge in [-0.3, -0.25) is 0 Å². The van der Waals surface area contributed by atoms with E-state index in [9.17, 15) is 0 Å². The second-order valence-electron chi connectivity index (χ2n) is 9.40. The Morgan fingerprint density at radius 3 is 1.54 bits per heavy atom. The van der Waals surface area contributed by atoms with Crippen molar-refractivity contribution in [2.75, 3.05) is 0 Å². The van der Waals surface area contributed by atoms with Gasteiger partial charge < -0.3 is 0 Å². The molecule has 0 saturated heterocycles. The Kier molecular flexibility index (Phi) is 6.47. The van der Waals surface area contributed by atoms with Crippen LogP contribution in [0, 0.1) is 0 Å². The second-order valence-corrected chi connectivity index (χ2v) is 10.2. The molecule has 0 fully saturated rings. The van der Waals surface area contributed by atoms with Crippen LogP contribution in [0.1, 0.15) is 0 Å². The van der Waals surface area contributed by atoms with E-state index < -0.39 is 0 Å². The molecule has 0 aliphatic heterocycles. The minimum atomic E-state index is 0.264. The summed E-state index contributed by atoms with van der Waals surface area (Å²) in [5, 5.41) is 5.10. The average Bonchev–Trinajstić information content (AvgIpc) is 3.46. The molecule has 0 radical (unpaired) electrons. The van der Waals surface area contributed by atoms with Crippen LogP contribution in [0.3, 0.4) is 0 Å². The van der Waals surface area contributed by atoms with Crippen molar-refractivity contribution < 1.29 is 0 Å². The van der Waals surface area contributed by atoms with E-state index in [2.05, 4.69) is 51.5 Å². The van der Waals surface area contributed by atoms with Crippen LogP contribution < -0.4 is 0 Å².